The molecule has 12 heavy (non-hydrogen) atoms. The molecule has 0 aromatic carbocycles. The summed E-state index contributed by atoms with van der Waals surface area (Å²) in [5.41, 5.74) is 0. The highest BCUT2D eigenvalue weighted by atomic mass is 14.9. The normalized spacial score (nSPS) is 20.5. The highest BCUT2D eigenvalue weighted by Gasteiger charge is 2.18. The molecule has 1 N–H and O–H groups in total. The van der Waals surface area contributed by atoms with Gasteiger partial charge in [-0.05, 0) is 31.7 Å². The summed E-state index contributed by atoms with van der Waals surface area (Å²) >= 11 is 0. The fourth-order valence-electron chi connectivity index (χ4n) is 1.96. The lowest BCUT2D eigenvalue weighted by Crippen LogP contribution is -2.29. The fraction of sp³-hybridized carbons (Fsp3) is 1.00. The minimum absolute atomic E-state index is 0.788. The first-order valence-electron chi connectivity index (χ1n) is 5.60. The molecule has 1 aliphatic carbocycles. The molecule has 0 amide bonds. The third-order valence-electron chi connectivity index (χ3n) is 3.13. The van der Waals surface area contributed by atoms with Gasteiger partial charge in [0, 0.05) is 6.04 Å². The van der Waals surface area contributed by atoms with Gasteiger partial charge >= 0.3 is 0 Å². The van der Waals surface area contributed by atoms with E-state index in [1.807, 2.05) is 0 Å². The van der Waals surface area contributed by atoms with Crippen LogP contribution in [0.2, 0.25) is 0 Å². The van der Waals surface area contributed by atoms with Crippen LogP contribution in [0, 0.1) is 5.92 Å². The Morgan fingerprint density at radius 3 is 2.50 bits per heavy atom. The smallest absolute Gasteiger partial charge is 0.00644 e. The van der Waals surface area contributed by atoms with Crippen LogP contribution in [0.5, 0.6) is 0 Å². The van der Waals surface area contributed by atoms with Gasteiger partial charge in [0.2, 0.25) is 0 Å². The molecule has 1 saturated carbocycles. The van der Waals surface area contributed by atoms with Gasteiger partial charge in [0.15, 0.2) is 0 Å². The van der Waals surface area contributed by atoms with Crippen molar-refractivity contribution < 1.29 is 0 Å². The average Bonchev–Trinajstić information content (AvgIpc) is 2.00. The van der Waals surface area contributed by atoms with Crippen molar-refractivity contribution >= 4 is 0 Å². The summed E-state index contributed by atoms with van der Waals surface area (Å²) in [7, 11) is 0. The molecular formula is C11H23N. The Kier molecular flexibility index (Phi) is 4.67. The Morgan fingerprint density at radius 1 is 1.33 bits per heavy atom. The zero-order valence-corrected chi connectivity index (χ0v) is 8.60. The second-order valence-corrected chi connectivity index (χ2v) is 4.04. The van der Waals surface area contributed by atoms with Gasteiger partial charge in [-0.15, -0.1) is 0 Å². The minimum atomic E-state index is 0.788. The lowest BCUT2D eigenvalue weighted by atomic mass is 9.81. The first-order valence-corrected chi connectivity index (χ1v) is 5.60. The van der Waals surface area contributed by atoms with Gasteiger partial charge in [0.1, 0.15) is 0 Å². The number of hydrogen-bond donors (Lipinski definition) is 1. The van der Waals surface area contributed by atoms with Crippen molar-refractivity contribution in [1.29, 1.82) is 0 Å². The van der Waals surface area contributed by atoms with Gasteiger partial charge in [-0.25, -0.2) is 0 Å². The Hall–Kier alpha value is -0.0400. The summed E-state index contributed by atoms with van der Waals surface area (Å²) in [5, 5.41) is 3.54. The maximum atomic E-state index is 3.54. The van der Waals surface area contributed by atoms with Crippen LogP contribution in [0.1, 0.15) is 52.4 Å². The molecule has 0 saturated heterocycles. The van der Waals surface area contributed by atoms with E-state index in [-0.39, 0.29) is 0 Å². The maximum absolute atomic E-state index is 3.54. The molecule has 1 aliphatic rings. The standard InChI is InChI=1S/C11H23N/c1-3-11(12-4-2)9-8-10-6-5-7-10/h10-12H,3-9H2,1-2H3. The van der Waals surface area contributed by atoms with Crippen molar-refractivity contribution in [3.63, 3.8) is 0 Å². The molecule has 0 spiro atoms. The molecule has 1 fully saturated rings. The average molecular weight is 169 g/mol. The Balaban J connectivity index is 2.01. The molecule has 0 aromatic heterocycles. The molecule has 1 rings (SSSR count). The summed E-state index contributed by atoms with van der Waals surface area (Å²) in [6.07, 6.45) is 8.65. The molecule has 0 radical (unpaired) electrons. The van der Waals surface area contributed by atoms with Gasteiger partial charge < -0.3 is 5.32 Å². The topological polar surface area (TPSA) is 12.0 Å². The number of rotatable bonds is 6. The van der Waals surface area contributed by atoms with Crippen LogP contribution in [0.3, 0.4) is 0 Å². The molecule has 1 unspecified atom stereocenters. The van der Waals surface area contributed by atoms with Crippen LogP contribution in [0.25, 0.3) is 0 Å². The molecular weight excluding hydrogens is 146 g/mol. The van der Waals surface area contributed by atoms with Gasteiger partial charge in [-0.1, -0.05) is 33.1 Å². The van der Waals surface area contributed by atoms with Crippen molar-refractivity contribution in [2.75, 3.05) is 6.54 Å². The Labute approximate surface area is 76.9 Å². The van der Waals surface area contributed by atoms with Crippen LogP contribution >= 0.6 is 0 Å². The molecule has 1 nitrogen and oxygen atoms in total. The van der Waals surface area contributed by atoms with E-state index in [1.54, 1.807) is 0 Å². The summed E-state index contributed by atoms with van der Waals surface area (Å²) < 4.78 is 0. The van der Waals surface area contributed by atoms with Crippen molar-refractivity contribution in [2.45, 2.75) is 58.4 Å². The van der Waals surface area contributed by atoms with Gasteiger partial charge in [-0.2, -0.15) is 0 Å². The molecule has 0 aromatic rings. The third-order valence-corrected chi connectivity index (χ3v) is 3.13. The van der Waals surface area contributed by atoms with Crippen molar-refractivity contribution in [3.05, 3.63) is 0 Å². The van der Waals surface area contributed by atoms with Gasteiger partial charge in [0.25, 0.3) is 0 Å². The number of hydrogen-bond acceptors (Lipinski definition) is 1. The van der Waals surface area contributed by atoms with E-state index in [4.69, 9.17) is 0 Å². The van der Waals surface area contributed by atoms with E-state index >= 15 is 0 Å². The van der Waals surface area contributed by atoms with E-state index < -0.39 is 0 Å². The second kappa shape index (κ2) is 5.58. The molecule has 1 atom stereocenters. The lowest BCUT2D eigenvalue weighted by molar-refractivity contribution is 0.273. The first kappa shape index (κ1) is 10.0. The molecule has 0 aliphatic heterocycles. The highest BCUT2D eigenvalue weighted by Crippen LogP contribution is 2.30. The molecule has 0 heterocycles. The Bertz CT molecular complexity index is 108. The van der Waals surface area contributed by atoms with Crippen LogP contribution < -0.4 is 5.32 Å². The van der Waals surface area contributed by atoms with E-state index in [1.165, 1.54) is 38.5 Å². The zero-order chi connectivity index (χ0) is 8.81. The fourth-order valence-corrected chi connectivity index (χ4v) is 1.96. The monoisotopic (exact) mass is 169 g/mol. The summed E-state index contributed by atoms with van der Waals surface area (Å²) in [6.45, 7) is 5.61. The minimum Gasteiger partial charge on any atom is -0.314 e. The third kappa shape index (κ3) is 3.14. The largest absolute Gasteiger partial charge is 0.314 e. The molecule has 0 bridgehead atoms. The zero-order valence-electron chi connectivity index (χ0n) is 8.60. The van der Waals surface area contributed by atoms with Crippen molar-refractivity contribution in [2.24, 2.45) is 5.92 Å². The highest BCUT2D eigenvalue weighted by molar-refractivity contribution is 4.73. The van der Waals surface area contributed by atoms with E-state index in [9.17, 15) is 0 Å². The quantitative estimate of drug-likeness (QED) is 0.644. The lowest BCUT2D eigenvalue weighted by Gasteiger charge is -2.27. The first-order chi connectivity index (χ1) is 5.86. The van der Waals surface area contributed by atoms with Crippen molar-refractivity contribution in [3.8, 4) is 0 Å². The Morgan fingerprint density at radius 2 is 2.08 bits per heavy atom. The molecule has 72 valence electrons. The molecule has 1 heteroatoms. The van der Waals surface area contributed by atoms with Crippen LogP contribution in [0.4, 0.5) is 0 Å². The predicted molar refractivity (Wildman–Crippen MR) is 54.3 cm³/mol. The SMILES string of the molecule is CCNC(CC)CCC1CCC1. The summed E-state index contributed by atoms with van der Waals surface area (Å²) in [5.74, 6) is 1.08. The maximum Gasteiger partial charge on any atom is 0.00644 e. The number of nitrogens with one attached hydrogen (secondary N) is 1. The summed E-state index contributed by atoms with van der Waals surface area (Å²) in [6, 6.07) is 0.788. The summed E-state index contributed by atoms with van der Waals surface area (Å²) in [4.78, 5) is 0. The van der Waals surface area contributed by atoms with E-state index in [2.05, 4.69) is 19.2 Å². The second-order valence-electron chi connectivity index (χ2n) is 4.04. The van der Waals surface area contributed by atoms with Crippen LogP contribution in [0.15, 0.2) is 0 Å². The van der Waals surface area contributed by atoms with Crippen LogP contribution in [-0.2, 0) is 0 Å². The van der Waals surface area contributed by atoms with Gasteiger partial charge in [-0.3, -0.25) is 0 Å². The van der Waals surface area contributed by atoms with Crippen molar-refractivity contribution in [1.82, 2.24) is 5.32 Å². The van der Waals surface area contributed by atoms with Gasteiger partial charge in [0.05, 0.1) is 0 Å². The van der Waals surface area contributed by atoms with E-state index in [0.29, 0.717) is 0 Å². The van der Waals surface area contributed by atoms with E-state index in [0.717, 1.165) is 18.5 Å². The van der Waals surface area contributed by atoms with Crippen LogP contribution in [-0.4, -0.2) is 12.6 Å². The predicted octanol–water partition coefficient (Wildman–Crippen LogP) is 2.95.